The van der Waals surface area contributed by atoms with Crippen LogP contribution in [-0.2, 0) is 6.18 Å². The van der Waals surface area contributed by atoms with E-state index in [-0.39, 0.29) is 11.5 Å². The van der Waals surface area contributed by atoms with Crippen molar-refractivity contribution < 1.29 is 13.2 Å². The van der Waals surface area contributed by atoms with E-state index >= 15 is 0 Å². The van der Waals surface area contributed by atoms with E-state index in [9.17, 15) is 13.2 Å². The maximum absolute atomic E-state index is 13.0. The summed E-state index contributed by atoms with van der Waals surface area (Å²) in [5, 5.41) is 5.60. The molecule has 1 aromatic heterocycles. The van der Waals surface area contributed by atoms with Crippen molar-refractivity contribution in [3.63, 3.8) is 0 Å². The van der Waals surface area contributed by atoms with Crippen LogP contribution in [0.3, 0.4) is 0 Å². The summed E-state index contributed by atoms with van der Waals surface area (Å²) in [5.41, 5.74) is -0.164. The molecule has 0 saturated carbocycles. The molecule has 0 amide bonds. The van der Waals surface area contributed by atoms with Gasteiger partial charge in [-0.15, -0.1) is 6.58 Å². The van der Waals surface area contributed by atoms with Gasteiger partial charge in [0.15, 0.2) is 0 Å². The zero-order chi connectivity index (χ0) is 16.2. The summed E-state index contributed by atoms with van der Waals surface area (Å²) in [4.78, 5) is 8.29. The van der Waals surface area contributed by atoms with Crippen molar-refractivity contribution in [1.29, 1.82) is 0 Å². The van der Waals surface area contributed by atoms with E-state index in [1.165, 1.54) is 18.2 Å². The first-order valence-electron chi connectivity index (χ1n) is 6.54. The summed E-state index contributed by atoms with van der Waals surface area (Å²) >= 11 is 0. The van der Waals surface area contributed by atoms with Gasteiger partial charge in [0.25, 0.3) is 0 Å². The van der Waals surface area contributed by atoms with Gasteiger partial charge >= 0.3 is 6.18 Å². The number of alkyl halides is 3. The smallest absolute Gasteiger partial charge is 0.351 e. The van der Waals surface area contributed by atoms with E-state index in [2.05, 4.69) is 27.2 Å². The number of hydrogen-bond acceptors (Lipinski definition) is 4. The van der Waals surface area contributed by atoms with Gasteiger partial charge in [0, 0.05) is 18.3 Å². The van der Waals surface area contributed by atoms with Crippen molar-refractivity contribution in [2.45, 2.75) is 13.1 Å². The standard InChI is InChI=1S/C15H15F3N4/c1-3-8-19-14-20-10(2)9-13(22-14)21-12-7-5-4-6-11(12)15(16,17)18/h3-7,9H,1,8H2,2H3,(H2,19,20,21,22). The highest BCUT2D eigenvalue weighted by molar-refractivity contribution is 5.62. The minimum Gasteiger partial charge on any atom is -0.351 e. The largest absolute Gasteiger partial charge is 0.418 e. The number of nitrogens with one attached hydrogen (secondary N) is 2. The van der Waals surface area contributed by atoms with Gasteiger partial charge in [0.05, 0.1) is 11.3 Å². The van der Waals surface area contributed by atoms with Crippen LogP contribution in [0, 0.1) is 6.92 Å². The highest BCUT2D eigenvalue weighted by Crippen LogP contribution is 2.35. The third-order valence-corrected chi connectivity index (χ3v) is 2.75. The second-order valence-corrected chi connectivity index (χ2v) is 4.56. The lowest BCUT2D eigenvalue weighted by Gasteiger charge is -2.14. The highest BCUT2D eigenvalue weighted by atomic mass is 19.4. The molecule has 2 rings (SSSR count). The summed E-state index contributed by atoms with van der Waals surface area (Å²) in [5.74, 6) is 0.614. The van der Waals surface area contributed by atoms with Crippen molar-refractivity contribution in [1.82, 2.24) is 9.97 Å². The molecule has 116 valence electrons. The maximum Gasteiger partial charge on any atom is 0.418 e. The average Bonchev–Trinajstić information content (AvgIpc) is 2.44. The Morgan fingerprint density at radius 2 is 1.95 bits per heavy atom. The molecule has 0 aliphatic carbocycles. The molecule has 2 N–H and O–H groups in total. The normalized spacial score (nSPS) is 11.1. The zero-order valence-electron chi connectivity index (χ0n) is 11.9. The molecule has 0 aliphatic heterocycles. The number of benzene rings is 1. The summed E-state index contributed by atoms with van der Waals surface area (Å²) in [6.07, 6.45) is -2.80. The Hall–Kier alpha value is -2.57. The molecule has 0 unspecified atom stereocenters. The molecule has 1 aromatic carbocycles. The lowest BCUT2D eigenvalue weighted by molar-refractivity contribution is -0.136. The van der Waals surface area contributed by atoms with Crippen LogP contribution in [0.1, 0.15) is 11.3 Å². The van der Waals surface area contributed by atoms with Crippen LogP contribution in [0.5, 0.6) is 0 Å². The summed E-state index contributed by atoms with van der Waals surface area (Å²) in [6.45, 7) is 5.77. The molecule has 1 heterocycles. The fraction of sp³-hybridized carbons (Fsp3) is 0.200. The second kappa shape index (κ2) is 6.46. The molecule has 7 heteroatoms. The fourth-order valence-corrected chi connectivity index (χ4v) is 1.85. The predicted octanol–water partition coefficient (Wildman–Crippen LogP) is 4.15. The Morgan fingerprint density at radius 1 is 1.23 bits per heavy atom. The van der Waals surface area contributed by atoms with Crippen LogP contribution >= 0.6 is 0 Å². The highest BCUT2D eigenvalue weighted by Gasteiger charge is 2.33. The van der Waals surface area contributed by atoms with Gasteiger partial charge in [-0.1, -0.05) is 18.2 Å². The van der Waals surface area contributed by atoms with Crippen molar-refractivity contribution in [2.75, 3.05) is 17.2 Å². The monoisotopic (exact) mass is 308 g/mol. The summed E-state index contributed by atoms with van der Waals surface area (Å²) in [6, 6.07) is 6.83. The molecule has 0 radical (unpaired) electrons. The first kappa shape index (κ1) is 15.8. The zero-order valence-corrected chi connectivity index (χ0v) is 11.9. The van der Waals surface area contributed by atoms with E-state index in [1.807, 2.05) is 0 Å². The molecule has 2 aromatic rings. The molecular formula is C15H15F3N4. The number of nitrogens with zero attached hydrogens (tertiary/aromatic N) is 2. The van der Waals surface area contributed by atoms with E-state index in [0.717, 1.165) is 6.07 Å². The van der Waals surface area contributed by atoms with Gasteiger partial charge in [0.2, 0.25) is 5.95 Å². The van der Waals surface area contributed by atoms with Gasteiger partial charge in [-0.25, -0.2) is 4.98 Å². The lowest BCUT2D eigenvalue weighted by Crippen LogP contribution is -2.10. The molecule has 0 spiro atoms. The van der Waals surface area contributed by atoms with Gasteiger partial charge in [-0.05, 0) is 19.1 Å². The van der Waals surface area contributed by atoms with E-state index < -0.39 is 11.7 Å². The van der Waals surface area contributed by atoms with Crippen LogP contribution in [-0.4, -0.2) is 16.5 Å². The van der Waals surface area contributed by atoms with Crippen LogP contribution in [0.2, 0.25) is 0 Å². The Labute approximate surface area is 126 Å². The number of hydrogen-bond donors (Lipinski definition) is 2. The molecule has 0 fully saturated rings. The van der Waals surface area contributed by atoms with Crippen LogP contribution < -0.4 is 10.6 Å². The molecule has 0 atom stereocenters. The van der Waals surface area contributed by atoms with Crippen LogP contribution in [0.15, 0.2) is 43.0 Å². The number of para-hydroxylation sites is 1. The van der Waals surface area contributed by atoms with Crippen molar-refractivity contribution in [2.24, 2.45) is 0 Å². The first-order valence-corrected chi connectivity index (χ1v) is 6.54. The Balaban J connectivity index is 2.31. The maximum atomic E-state index is 13.0. The molecule has 22 heavy (non-hydrogen) atoms. The minimum absolute atomic E-state index is 0.0530. The lowest BCUT2D eigenvalue weighted by atomic mass is 10.1. The van der Waals surface area contributed by atoms with E-state index in [4.69, 9.17) is 0 Å². The van der Waals surface area contributed by atoms with Crippen molar-refractivity contribution >= 4 is 17.5 Å². The topological polar surface area (TPSA) is 49.8 Å². The number of halogens is 3. The van der Waals surface area contributed by atoms with Gasteiger partial charge < -0.3 is 10.6 Å². The number of aryl methyl sites for hydroxylation is 1. The predicted molar refractivity (Wildman–Crippen MR) is 80.2 cm³/mol. The third kappa shape index (κ3) is 3.97. The Morgan fingerprint density at radius 3 is 2.64 bits per heavy atom. The quantitative estimate of drug-likeness (QED) is 0.815. The fourth-order valence-electron chi connectivity index (χ4n) is 1.85. The summed E-state index contributed by atoms with van der Waals surface area (Å²) < 4.78 is 38.9. The van der Waals surface area contributed by atoms with Gasteiger partial charge in [-0.2, -0.15) is 18.2 Å². The molecule has 0 saturated heterocycles. The SMILES string of the molecule is C=CCNc1nc(C)cc(Nc2ccccc2C(F)(F)F)n1. The minimum atomic E-state index is -4.43. The van der Waals surface area contributed by atoms with Crippen molar-refractivity contribution in [3.8, 4) is 0 Å². The van der Waals surface area contributed by atoms with Crippen molar-refractivity contribution in [3.05, 3.63) is 54.2 Å². The Kier molecular flexibility index (Phi) is 4.65. The first-order chi connectivity index (χ1) is 10.4. The van der Waals surface area contributed by atoms with E-state index in [1.54, 1.807) is 19.1 Å². The van der Waals surface area contributed by atoms with Gasteiger partial charge in [-0.3, -0.25) is 0 Å². The molecule has 0 aliphatic rings. The van der Waals surface area contributed by atoms with Gasteiger partial charge in [0.1, 0.15) is 5.82 Å². The number of aromatic nitrogens is 2. The number of rotatable bonds is 5. The third-order valence-electron chi connectivity index (χ3n) is 2.75. The Bertz CT molecular complexity index is 668. The van der Waals surface area contributed by atoms with Crippen LogP contribution in [0.25, 0.3) is 0 Å². The number of anilines is 3. The summed E-state index contributed by atoms with van der Waals surface area (Å²) in [7, 11) is 0. The average molecular weight is 308 g/mol. The van der Waals surface area contributed by atoms with E-state index in [0.29, 0.717) is 18.2 Å². The second-order valence-electron chi connectivity index (χ2n) is 4.56. The molecule has 4 nitrogen and oxygen atoms in total. The van der Waals surface area contributed by atoms with Crippen LogP contribution in [0.4, 0.5) is 30.6 Å². The molecular weight excluding hydrogens is 293 g/mol. The molecule has 0 bridgehead atoms.